The highest BCUT2D eigenvalue weighted by Crippen LogP contribution is 2.25. The summed E-state index contributed by atoms with van der Waals surface area (Å²) in [7, 11) is 0. The van der Waals surface area contributed by atoms with Crippen molar-refractivity contribution in [1.29, 1.82) is 0 Å². The van der Waals surface area contributed by atoms with Gasteiger partial charge in [0, 0.05) is 36.6 Å². The summed E-state index contributed by atoms with van der Waals surface area (Å²) in [6.45, 7) is 9.04. The van der Waals surface area contributed by atoms with Gasteiger partial charge in [-0.3, -0.25) is 4.79 Å². The second-order valence-electron chi connectivity index (χ2n) is 8.39. The Hall–Kier alpha value is -2.63. The van der Waals surface area contributed by atoms with Crippen LogP contribution in [0, 0.1) is 0 Å². The molecule has 0 amide bonds. The highest BCUT2D eigenvalue weighted by atomic mass is 35.5. The molecule has 0 fully saturated rings. The smallest absolute Gasteiger partial charge is 0.341 e. The van der Waals surface area contributed by atoms with Gasteiger partial charge in [0.1, 0.15) is 5.56 Å². The fraction of sp³-hybridized carbons (Fsp3) is 0.385. The second kappa shape index (κ2) is 10.8. The lowest BCUT2D eigenvalue weighted by molar-refractivity contribution is 0.0694. The lowest BCUT2D eigenvalue weighted by Gasteiger charge is -2.20. The lowest BCUT2D eigenvalue weighted by Crippen LogP contribution is -2.28. The molecule has 3 aromatic rings. The zero-order valence-electron chi connectivity index (χ0n) is 19.0. The van der Waals surface area contributed by atoms with Gasteiger partial charge in [-0.25, -0.2) is 4.79 Å². The monoisotopic (exact) mass is 454 g/mol. The molecule has 0 atom stereocenters. The number of carbonyl (C=O) groups is 1. The Bertz CT molecular complexity index is 1130. The minimum Gasteiger partial charge on any atom is -0.477 e. The lowest BCUT2D eigenvalue weighted by atomic mass is 10.00. The molecular formula is C26H31ClN2O3. The molecule has 0 saturated carbocycles. The van der Waals surface area contributed by atoms with Gasteiger partial charge in [0.15, 0.2) is 0 Å². The normalized spacial score (nSPS) is 11.6. The summed E-state index contributed by atoms with van der Waals surface area (Å²) in [5.74, 6) is -0.560. The first kappa shape index (κ1) is 24.0. The molecule has 1 N–H and O–H groups in total. The molecule has 0 spiro atoms. The minimum absolute atomic E-state index is 0.0346. The molecule has 32 heavy (non-hydrogen) atoms. The molecule has 2 aromatic carbocycles. The van der Waals surface area contributed by atoms with Crippen LogP contribution < -0.4 is 5.43 Å². The highest BCUT2D eigenvalue weighted by molar-refractivity contribution is 6.18. The van der Waals surface area contributed by atoms with Gasteiger partial charge in [-0.15, -0.1) is 11.6 Å². The number of aromatic nitrogens is 1. The summed E-state index contributed by atoms with van der Waals surface area (Å²) >= 11 is 5.91. The van der Waals surface area contributed by atoms with E-state index < -0.39 is 11.4 Å². The number of nitrogens with zero attached hydrogens (tertiary/aromatic N) is 2. The van der Waals surface area contributed by atoms with E-state index in [-0.39, 0.29) is 11.6 Å². The van der Waals surface area contributed by atoms with Gasteiger partial charge < -0.3 is 14.6 Å². The van der Waals surface area contributed by atoms with Crippen molar-refractivity contribution in [3.8, 4) is 11.1 Å². The molecule has 0 saturated heterocycles. The first-order chi connectivity index (χ1) is 15.3. The Balaban J connectivity index is 1.90. The van der Waals surface area contributed by atoms with Crippen molar-refractivity contribution in [2.45, 2.75) is 39.7 Å². The molecule has 1 aromatic heterocycles. The number of pyridine rings is 1. The van der Waals surface area contributed by atoms with Gasteiger partial charge in [0.05, 0.1) is 5.52 Å². The summed E-state index contributed by atoms with van der Waals surface area (Å²) in [4.78, 5) is 26.8. The number of aromatic carboxylic acids is 1. The summed E-state index contributed by atoms with van der Waals surface area (Å²) in [6, 6.07) is 14.1. The van der Waals surface area contributed by atoms with Crippen LogP contribution in [0.3, 0.4) is 0 Å². The molecule has 170 valence electrons. The zero-order valence-corrected chi connectivity index (χ0v) is 19.7. The molecule has 0 unspecified atom stereocenters. The van der Waals surface area contributed by atoms with E-state index in [0.717, 1.165) is 49.1 Å². The number of alkyl halides is 1. The van der Waals surface area contributed by atoms with Crippen molar-refractivity contribution < 1.29 is 9.90 Å². The summed E-state index contributed by atoms with van der Waals surface area (Å²) in [6.07, 6.45) is 3.51. The maximum absolute atomic E-state index is 12.8. The maximum Gasteiger partial charge on any atom is 0.341 e. The van der Waals surface area contributed by atoms with E-state index in [9.17, 15) is 14.7 Å². The predicted octanol–water partition coefficient (Wildman–Crippen LogP) is 5.44. The Kier molecular flexibility index (Phi) is 8.10. The van der Waals surface area contributed by atoms with Crippen molar-refractivity contribution in [1.82, 2.24) is 9.47 Å². The quantitative estimate of drug-likeness (QED) is 0.414. The van der Waals surface area contributed by atoms with Crippen LogP contribution in [0.4, 0.5) is 0 Å². The number of carboxylic acid groups (broad SMARTS) is 1. The van der Waals surface area contributed by atoms with Crippen LogP contribution in [-0.4, -0.2) is 46.1 Å². The summed E-state index contributed by atoms with van der Waals surface area (Å²) in [5.41, 5.74) is 3.24. The van der Waals surface area contributed by atoms with Gasteiger partial charge in [0.25, 0.3) is 0 Å². The topological polar surface area (TPSA) is 62.5 Å². The molecule has 0 aliphatic heterocycles. The molecule has 0 aliphatic carbocycles. The van der Waals surface area contributed by atoms with Crippen molar-refractivity contribution in [2.75, 3.05) is 25.5 Å². The van der Waals surface area contributed by atoms with Crippen molar-refractivity contribution >= 4 is 28.5 Å². The van der Waals surface area contributed by atoms with Gasteiger partial charge in [-0.1, -0.05) is 37.3 Å². The fourth-order valence-electron chi connectivity index (χ4n) is 4.04. The van der Waals surface area contributed by atoms with Gasteiger partial charge >= 0.3 is 5.97 Å². The SMILES string of the molecule is CCCN(CCCl)CCc1ccc(-c2ccc3c(c2)c(=O)c(C(=O)O)cn3C(C)C)cc1. The molecule has 0 radical (unpaired) electrons. The van der Waals surface area contributed by atoms with E-state index in [1.807, 2.05) is 30.5 Å². The van der Waals surface area contributed by atoms with Crippen LogP contribution in [0.25, 0.3) is 22.0 Å². The number of carboxylic acids is 1. The van der Waals surface area contributed by atoms with Crippen LogP contribution in [0.5, 0.6) is 0 Å². The van der Waals surface area contributed by atoms with Crippen molar-refractivity contribution in [2.24, 2.45) is 0 Å². The number of halogens is 1. The molecule has 5 nitrogen and oxygen atoms in total. The van der Waals surface area contributed by atoms with E-state index in [2.05, 4.69) is 36.1 Å². The van der Waals surface area contributed by atoms with Crippen LogP contribution in [0.1, 0.15) is 49.2 Å². The minimum atomic E-state index is -1.20. The number of hydrogen-bond donors (Lipinski definition) is 1. The first-order valence-corrected chi connectivity index (χ1v) is 11.7. The van der Waals surface area contributed by atoms with E-state index in [1.54, 1.807) is 6.07 Å². The summed E-state index contributed by atoms with van der Waals surface area (Å²) in [5, 5.41) is 9.91. The van der Waals surface area contributed by atoms with Crippen LogP contribution >= 0.6 is 11.6 Å². The molecule has 3 rings (SSSR count). The first-order valence-electron chi connectivity index (χ1n) is 11.2. The Morgan fingerprint density at radius 1 is 1.06 bits per heavy atom. The van der Waals surface area contributed by atoms with Crippen molar-refractivity contribution in [3.05, 3.63) is 70.0 Å². The highest BCUT2D eigenvalue weighted by Gasteiger charge is 2.16. The zero-order chi connectivity index (χ0) is 23.3. The van der Waals surface area contributed by atoms with Crippen LogP contribution in [-0.2, 0) is 6.42 Å². The van der Waals surface area contributed by atoms with Crippen LogP contribution in [0.15, 0.2) is 53.5 Å². The van der Waals surface area contributed by atoms with Crippen molar-refractivity contribution in [3.63, 3.8) is 0 Å². The number of fused-ring (bicyclic) bond motifs is 1. The van der Waals surface area contributed by atoms with E-state index in [1.165, 1.54) is 11.8 Å². The van der Waals surface area contributed by atoms with Gasteiger partial charge in [-0.2, -0.15) is 0 Å². The third-order valence-electron chi connectivity index (χ3n) is 5.76. The molecular weight excluding hydrogens is 424 g/mol. The Morgan fingerprint density at radius 3 is 2.34 bits per heavy atom. The van der Waals surface area contributed by atoms with Gasteiger partial charge in [0.2, 0.25) is 5.43 Å². The molecule has 1 heterocycles. The van der Waals surface area contributed by atoms with E-state index in [0.29, 0.717) is 11.3 Å². The largest absolute Gasteiger partial charge is 0.477 e. The molecule has 0 aliphatic rings. The standard InChI is InChI=1S/C26H31ClN2O3/c1-4-13-28(15-12-27)14-11-19-5-7-20(8-6-19)21-9-10-24-22(16-21)25(30)23(26(31)32)17-29(24)18(2)3/h5-10,16-18H,4,11-15H2,1-3H3,(H,31,32). The predicted molar refractivity (Wildman–Crippen MR) is 132 cm³/mol. The van der Waals surface area contributed by atoms with Crippen LogP contribution in [0.2, 0.25) is 0 Å². The molecule has 6 heteroatoms. The number of rotatable bonds is 10. The van der Waals surface area contributed by atoms with Gasteiger partial charge in [-0.05, 0) is 62.1 Å². The fourth-order valence-corrected chi connectivity index (χ4v) is 4.28. The summed E-state index contributed by atoms with van der Waals surface area (Å²) < 4.78 is 1.84. The average molecular weight is 455 g/mol. The number of benzene rings is 2. The Morgan fingerprint density at radius 2 is 1.75 bits per heavy atom. The average Bonchev–Trinajstić information content (AvgIpc) is 2.78. The molecule has 0 bridgehead atoms. The van der Waals surface area contributed by atoms with E-state index in [4.69, 9.17) is 11.6 Å². The Labute approximate surface area is 194 Å². The number of hydrogen-bond acceptors (Lipinski definition) is 3. The third-order valence-corrected chi connectivity index (χ3v) is 5.93. The van der Waals surface area contributed by atoms with E-state index >= 15 is 0 Å². The maximum atomic E-state index is 12.8. The third kappa shape index (κ3) is 5.40. The second-order valence-corrected chi connectivity index (χ2v) is 8.77.